The highest BCUT2D eigenvalue weighted by Crippen LogP contribution is 2.26. The first-order valence-electron chi connectivity index (χ1n) is 10.1. The topological polar surface area (TPSA) is 109 Å². The number of hydrogen-bond acceptors (Lipinski definition) is 5. The Morgan fingerprint density at radius 2 is 1.50 bits per heavy atom. The molecule has 0 bridgehead atoms. The molecule has 32 heavy (non-hydrogen) atoms. The lowest BCUT2D eigenvalue weighted by molar-refractivity contribution is -0.128. The Labute approximate surface area is 184 Å². The molecule has 1 atom stereocenters. The molecule has 2 N–H and O–H groups in total. The first-order chi connectivity index (χ1) is 15.5. The van der Waals surface area contributed by atoms with E-state index in [0.29, 0.717) is 5.76 Å². The van der Waals surface area contributed by atoms with Gasteiger partial charge < -0.3 is 15.1 Å². The predicted molar refractivity (Wildman–Crippen MR) is 114 cm³/mol. The fraction of sp³-hybridized carbons (Fsp3) is 0.167. The molecule has 4 rings (SSSR count). The van der Waals surface area contributed by atoms with Crippen molar-refractivity contribution in [3.8, 4) is 0 Å². The Morgan fingerprint density at radius 3 is 2.12 bits per heavy atom. The SMILES string of the molecule is O=C(CNC(=O)C(Cc1ccccc1)N1C(=O)c2ccccc2C1=O)NCc1ccco1. The van der Waals surface area contributed by atoms with Crippen LogP contribution in [0.1, 0.15) is 32.0 Å². The minimum Gasteiger partial charge on any atom is -0.467 e. The van der Waals surface area contributed by atoms with E-state index >= 15 is 0 Å². The normalized spacial score (nSPS) is 13.6. The van der Waals surface area contributed by atoms with Crippen molar-refractivity contribution in [2.24, 2.45) is 0 Å². The highest BCUT2D eigenvalue weighted by atomic mass is 16.3. The van der Waals surface area contributed by atoms with Gasteiger partial charge in [0.1, 0.15) is 11.8 Å². The van der Waals surface area contributed by atoms with E-state index in [1.165, 1.54) is 6.26 Å². The Morgan fingerprint density at radius 1 is 0.844 bits per heavy atom. The van der Waals surface area contributed by atoms with Gasteiger partial charge in [-0.2, -0.15) is 0 Å². The summed E-state index contributed by atoms with van der Waals surface area (Å²) in [4.78, 5) is 52.1. The maximum Gasteiger partial charge on any atom is 0.262 e. The fourth-order valence-corrected chi connectivity index (χ4v) is 3.58. The molecule has 1 aliphatic heterocycles. The summed E-state index contributed by atoms with van der Waals surface area (Å²) >= 11 is 0. The maximum atomic E-state index is 13.1. The van der Waals surface area contributed by atoms with Crippen LogP contribution in [0.2, 0.25) is 0 Å². The second-order valence-electron chi connectivity index (χ2n) is 7.31. The van der Waals surface area contributed by atoms with E-state index in [0.717, 1.165) is 10.5 Å². The first kappa shape index (κ1) is 21.0. The third-order valence-corrected chi connectivity index (χ3v) is 5.17. The zero-order valence-corrected chi connectivity index (χ0v) is 17.1. The third-order valence-electron chi connectivity index (χ3n) is 5.17. The van der Waals surface area contributed by atoms with E-state index in [-0.39, 0.29) is 30.6 Å². The van der Waals surface area contributed by atoms with Crippen LogP contribution in [0.25, 0.3) is 0 Å². The lowest BCUT2D eigenvalue weighted by atomic mass is 10.0. The molecule has 4 amide bonds. The lowest BCUT2D eigenvalue weighted by Crippen LogP contribution is -2.52. The average molecular weight is 431 g/mol. The summed E-state index contributed by atoms with van der Waals surface area (Å²) in [6.45, 7) is -0.110. The minimum absolute atomic E-state index is 0.131. The number of carbonyl (C=O) groups excluding carboxylic acids is 4. The molecule has 0 saturated carbocycles. The van der Waals surface area contributed by atoms with Crippen LogP contribution in [-0.2, 0) is 22.6 Å². The second kappa shape index (κ2) is 9.30. The van der Waals surface area contributed by atoms with Crippen molar-refractivity contribution in [2.45, 2.75) is 19.0 Å². The number of hydrogen-bond donors (Lipinski definition) is 2. The molecule has 0 radical (unpaired) electrons. The summed E-state index contributed by atoms with van der Waals surface area (Å²) in [6, 6.07) is 17.9. The molecular formula is C24H21N3O5. The molecule has 3 aromatic rings. The van der Waals surface area contributed by atoms with E-state index in [1.54, 1.807) is 36.4 Å². The Balaban J connectivity index is 1.48. The summed E-state index contributed by atoms with van der Waals surface area (Å²) in [5.41, 5.74) is 1.31. The van der Waals surface area contributed by atoms with Gasteiger partial charge in [-0.1, -0.05) is 42.5 Å². The van der Waals surface area contributed by atoms with Crippen LogP contribution in [-0.4, -0.2) is 41.1 Å². The molecule has 0 aliphatic carbocycles. The molecule has 0 fully saturated rings. The van der Waals surface area contributed by atoms with Gasteiger partial charge in [0, 0.05) is 6.42 Å². The van der Waals surface area contributed by atoms with Crippen molar-refractivity contribution in [3.05, 3.63) is 95.4 Å². The third kappa shape index (κ3) is 4.44. The summed E-state index contributed by atoms with van der Waals surface area (Å²) < 4.78 is 5.15. The molecular weight excluding hydrogens is 410 g/mol. The number of rotatable bonds is 8. The second-order valence-corrected chi connectivity index (χ2v) is 7.31. The van der Waals surface area contributed by atoms with Gasteiger partial charge in [-0.15, -0.1) is 0 Å². The van der Waals surface area contributed by atoms with Gasteiger partial charge in [-0.05, 0) is 29.8 Å². The smallest absolute Gasteiger partial charge is 0.262 e. The van der Waals surface area contributed by atoms with Gasteiger partial charge in [0.05, 0.1) is 30.5 Å². The van der Waals surface area contributed by atoms with Gasteiger partial charge in [0.2, 0.25) is 11.8 Å². The van der Waals surface area contributed by atoms with Crippen molar-refractivity contribution in [1.82, 2.24) is 15.5 Å². The van der Waals surface area contributed by atoms with E-state index in [1.807, 2.05) is 30.3 Å². The molecule has 8 heteroatoms. The quantitative estimate of drug-likeness (QED) is 0.530. The van der Waals surface area contributed by atoms with Gasteiger partial charge in [0.25, 0.3) is 11.8 Å². The lowest BCUT2D eigenvalue weighted by Gasteiger charge is -2.25. The van der Waals surface area contributed by atoms with E-state index in [9.17, 15) is 19.2 Å². The number of furan rings is 1. The summed E-state index contributed by atoms with van der Waals surface area (Å²) in [5, 5.41) is 5.19. The Bertz CT molecular complexity index is 1110. The van der Waals surface area contributed by atoms with Crippen LogP contribution in [0.15, 0.2) is 77.4 Å². The monoisotopic (exact) mass is 431 g/mol. The number of fused-ring (bicyclic) bond motifs is 1. The number of nitrogens with one attached hydrogen (secondary N) is 2. The van der Waals surface area contributed by atoms with Crippen molar-refractivity contribution in [1.29, 1.82) is 0 Å². The van der Waals surface area contributed by atoms with Gasteiger partial charge >= 0.3 is 0 Å². The molecule has 162 valence electrons. The average Bonchev–Trinajstić information content (AvgIpc) is 3.42. The van der Waals surface area contributed by atoms with Crippen LogP contribution in [0.5, 0.6) is 0 Å². The van der Waals surface area contributed by atoms with Crippen molar-refractivity contribution < 1.29 is 23.6 Å². The standard InChI is InChI=1S/C24H21N3O5/c28-21(25-14-17-9-6-12-32-17)15-26-22(29)20(13-16-7-2-1-3-8-16)27-23(30)18-10-4-5-11-19(18)24(27)31/h1-12,20H,13-15H2,(H,25,28)(H,26,29). The van der Waals surface area contributed by atoms with E-state index in [4.69, 9.17) is 4.42 Å². The van der Waals surface area contributed by atoms with Gasteiger partial charge in [-0.3, -0.25) is 24.1 Å². The molecule has 1 unspecified atom stereocenters. The van der Waals surface area contributed by atoms with E-state index in [2.05, 4.69) is 10.6 Å². The summed E-state index contributed by atoms with van der Waals surface area (Å²) in [7, 11) is 0. The zero-order chi connectivity index (χ0) is 22.5. The number of carbonyl (C=O) groups is 4. The van der Waals surface area contributed by atoms with Crippen LogP contribution in [0.4, 0.5) is 0 Å². The molecule has 2 aromatic carbocycles. The summed E-state index contributed by atoms with van der Waals surface area (Å²) in [6.07, 6.45) is 1.63. The molecule has 0 saturated heterocycles. The van der Waals surface area contributed by atoms with Gasteiger partial charge in [0.15, 0.2) is 0 Å². The Hall–Kier alpha value is -4.20. The maximum absolute atomic E-state index is 13.1. The summed E-state index contributed by atoms with van der Waals surface area (Å²) in [5.74, 6) is -1.47. The van der Waals surface area contributed by atoms with Crippen LogP contribution in [0.3, 0.4) is 0 Å². The van der Waals surface area contributed by atoms with E-state index < -0.39 is 29.7 Å². The van der Waals surface area contributed by atoms with Crippen molar-refractivity contribution >= 4 is 23.6 Å². The fourth-order valence-electron chi connectivity index (χ4n) is 3.58. The van der Waals surface area contributed by atoms with Gasteiger partial charge in [-0.25, -0.2) is 0 Å². The Kier molecular flexibility index (Phi) is 6.12. The van der Waals surface area contributed by atoms with Crippen LogP contribution >= 0.6 is 0 Å². The first-order valence-corrected chi connectivity index (χ1v) is 10.1. The number of nitrogens with zero attached hydrogens (tertiary/aromatic N) is 1. The molecule has 1 aromatic heterocycles. The van der Waals surface area contributed by atoms with Crippen LogP contribution < -0.4 is 10.6 Å². The van der Waals surface area contributed by atoms with Crippen molar-refractivity contribution in [2.75, 3.05) is 6.54 Å². The predicted octanol–water partition coefficient (Wildman–Crippen LogP) is 1.92. The number of amides is 4. The molecule has 0 spiro atoms. The highest BCUT2D eigenvalue weighted by molar-refractivity contribution is 6.22. The highest BCUT2D eigenvalue weighted by Gasteiger charge is 2.42. The molecule has 2 heterocycles. The molecule has 1 aliphatic rings. The number of benzene rings is 2. The zero-order valence-electron chi connectivity index (χ0n) is 17.1. The van der Waals surface area contributed by atoms with Crippen molar-refractivity contribution in [3.63, 3.8) is 0 Å². The molecule has 8 nitrogen and oxygen atoms in total. The number of imide groups is 1. The largest absolute Gasteiger partial charge is 0.467 e. The minimum atomic E-state index is -1.09. The van der Waals surface area contributed by atoms with Crippen LogP contribution in [0, 0.1) is 0 Å².